The van der Waals surface area contributed by atoms with E-state index >= 15 is 0 Å². The quantitative estimate of drug-likeness (QED) is 0.871. The number of amides is 1. The monoisotopic (exact) mass is 366 g/mol. The second-order valence-corrected chi connectivity index (χ2v) is 7.68. The molecule has 7 heteroatoms. The molecule has 5 nitrogen and oxygen atoms in total. The van der Waals surface area contributed by atoms with Gasteiger partial charge in [-0.05, 0) is 61.7 Å². The largest absolute Gasteiger partial charge is 0.346 e. The van der Waals surface area contributed by atoms with Crippen molar-refractivity contribution in [2.75, 3.05) is 0 Å². The number of benzene rings is 2. The zero-order valence-electron chi connectivity index (χ0n) is 13.6. The van der Waals surface area contributed by atoms with Crippen molar-refractivity contribution in [2.45, 2.75) is 31.7 Å². The van der Waals surface area contributed by atoms with Crippen molar-refractivity contribution in [3.05, 3.63) is 63.7 Å². The van der Waals surface area contributed by atoms with Crippen molar-refractivity contribution in [1.82, 2.24) is 5.32 Å². The van der Waals surface area contributed by atoms with Gasteiger partial charge < -0.3 is 5.32 Å². The summed E-state index contributed by atoms with van der Waals surface area (Å²) < 4.78 is 23.4. The van der Waals surface area contributed by atoms with Gasteiger partial charge in [0, 0.05) is 10.6 Å². The predicted molar refractivity (Wildman–Crippen MR) is 94.6 cm³/mol. The van der Waals surface area contributed by atoms with Crippen LogP contribution in [0, 0.1) is 13.8 Å². The van der Waals surface area contributed by atoms with Gasteiger partial charge in [-0.1, -0.05) is 23.7 Å². The van der Waals surface area contributed by atoms with Gasteiger partial charge >= 0.3 is 0 Å². The Morgan fingerprint density at radius 1 is 1.21 bits per heavy atom. The molecule has 128 valence electrons. The molecular weight excluding hydrogens is 348 g/mol. The third kappa shape index (κ3) is 4.14. The number of nitrogens with two attached hydrogens (primary N) is 1. The minimum Gasteiger partial charge on any atom is -0.346 e. The Morgan fingerprint density at radius 3 is 2.46 bits per heavy atom. The average molecular weight is 367 g/mol. The lowest BCUT2D eigenvalue weighted by Crippen LogP contribution is -2.27. The highest BCUT2D eigenvalue weighted by atomic mass is 35.5. The fraction of sp³-hybridized carbons (Fsp3) is 0.235. The average Bonchev–Trinajstić information content (AvgIpc) is 2.48. The van der Waals surface area contributed by atoms with Crippen molar-refractivity contribution in [2.24, 2.45) is 5.14 Å². The van der Waals surface area contributed by atoms with Crippen LogP contribution >= 0.6 is 11.6 Å². The second-order valence-electron chi connectivity index (χ2n) is 5.71. The van der Waals surface area contributed by atoms with Gasteiger partial charge in [0.1, 0.15) is 0 Å². The first-order valence-electron chi connectivity index (χ1n) is 7.30. The summed E-state index contributed by atoms with van der Waals surface area (Å²) in [5.41, 5.74) is 2.32. The number of halogens is 1. The molecule has 0 heterocycles. The number of aryl methyl sites for hydroxylation is 1. The molecule has 2 aromatic rings. The highest BCUT2D eigenvalue weighted by Gasteiger charge is 2.18. The normalized spacial score (nSPS) is 12.7. The lowest BCUT2D eigenvalue weighted by atomic mass is 10.0. The molecule has 24 heavy (non-hydrogen) atoms. The van der Waals surface area contributed by atoms with Crippen molar-refractivity contribution >= 4 is 27.5 Å². The van der Waals surface area contributed by atoms with Crippen LogP contribution in [-0.4, -0.2) is 14.3 Å². The number of hydrogen-bond donors (Lipinski definition) is 2. The molecule has 2 aromatic carbocycles. The Morgan fingerprint density at radius 2 is 1.88 bits per heavy atom. The molecule has 0 bridgehead atoms. The van der Waals surface area contributed by atoms with Crippen LogP contribution in [0.5, 0.6) is 0 Å². The van der Waals surface area contributed by atoms with E-state index in [1.165, 1.54) is 6.07 Å². The summed E-state index contributed by atoms with van der Waals surface area (Å²) in [5, 5.41) is 8.64. The van der Waals surface area contributed by atoms with Crippen LogP contribution in [0.1, 0.15) is 40.0 Å². The third-order valence-electron chi connectivity index (χ3n) is 3.88. The molecular formula is C17H19ClN2O3S. The van der Waals surface area contributed by atoms with Crippen molar-refractivity contribution in [3.63, 3.8) is 0 Å². The Bertz CT molecular complexity index is 895. The van der Waals surface area contributed by atoms with Crippen molar-refractivity contribution < 1.29 is 13.2 Å². The van der Waals surface area contributed by atoms with Gasteiger partial charge in [-0.25, -0.2) is 13.6 Å². The van der Waals surface area contributed by atoms with E-state index in [4.69, 9.17) is 16.7 Å². The number of nitrogens with one attached hydrogen (secondary N) is 1. The van der Waals surface area contributed by atoms with E-state index in [2.05, 4.69) is 5.32 Å². The molecule has 0 aliphatic carbocycles. The molecule has 1 unspecified atom stereocenters. The number of rotatable bonds is 4. The molecule has 0 saturated heterocycles. The maximum atomic E-state index is 12.5. The Balaban J connectivity index is 2.32. The zero-order chi connectivity index (χ0) is 18.1. The molecule has 0 aliphatic heterocycles. The third-order valence-corrected chi connectivity index (χ3v) is 5.16. The van der Waals surface area contributed by atoms with Gasteiger partial charge in [0.25, 0.3) is 5.91 Å². The van der Waals surface area contributed by atoms with E-state index in [9.17, 15) is 13.2 Å². The molecule has 1 amide bonds. The minimum atomic E-state index is -3.90. The van der Waals surface area contributed by atoms with Gasteiger partial charge in [0.2, 0.25) is 10.0 Å². The molecule has 0 aromatic heterocycles. The number of sulfonamides is 1. The van der Waals surface area contributed by atoms with Gasteiger partial charge in [-0.2, -0.15) is 0 Å². The first kappa shape index (κ1) is 18.4. The Kier molecular flexibility index (Phi) is 5.32. The molecule has 1 atom stereocenters. The highest BCUT2D eigenvalue weighted by molar-refractivity contribution is 7.89. The standard InChI is InChI=1S/C17H19ClN2O3S/c1-10-7-14(9-16(11(10)2)24(19,22)23)17(21)20-12(3)13-5-4-6-15(18)8-13/h4-9,12H,1-3H3,(H,20,21)(H2,19,22,23). The lowest BCUT2D eigenvalue weighted by molar-refractivity contribution is 0.0939. The summed E-state index contributed by atoms with van der Waals surface area (Å²) in [7, 11) is -3.90. The minimum absolute atomic E-state index is 0.0388. The lowest BCUT2D eigenvalue weighted by Gasteiger charge is -2.16. The first-order chi connectivity index (χ1) is 11.1. The van der Waals surface area contributed by atoms with E-state index in [0.29, 0.717) is 16.1 Å². The van der Waals surface area contributed by atoms with Crippen LogP contribution in [0.15, 0.2) is 41.3 Å². The van der Waals surface area contributed by atoms with Crippen LogP contribution in [0.25, 0.3) is 0 Å². The van der Waals surface area contributed by atoms with Gasteiger partial charge in [-0.3, -0.25) is 4.79 Å². The molecule has 3 N–H and O–H groups in total. The van der Waals surface area contributed by atoms with Gasteiger partial charge in [-0.15, -0.1) is 0 Å². The summed E-state index contributed by atoms with van der Waals surface area (Å²) in [5.74, 6) is -0.379. The van der Waals surface area contributed by atoms with E-state index in [0.717, 1.165) is 5.56 Å². The summed E-state index contributed by atoms with van der Waals surface area (Å²) in [6, 6.07) is 9.84. The molecule has 0 saturated carbocycles. The second kappa shape index (κ2) is 6.93. The predicted octanol–water partition coefficient (Wildman–Crippen LogP) is 3.10. The molecule has 0 aliphatic rings. The maximum Gasteiger partial charge on any atom is 0.251 e. The number of carbonyl (C=O) groups is 1. The fourth-order valence-electron chi connectivity index (χ4n) is 2.39. The smallest absolute Gasteiger partial charge is 0.251 e. The molecule has 0 spiro atoms. The number of carbonyl (C=O) groups excluding carboxylic acids is 1. The zero-order valence-corrected chi connectivity index (χ0v) is 15.2. The van der Waals surface area contributed by atoms with Crippen molar-refractivity contribution in [3.8, 4) is 0 Å². The Labute approximate surface area is 146 Å². The van der Waals surface area contributed by atoms with E-state index in [1.54, 1.807) is 38.1 Å². The first-order valence-corrected chi connectivity index (χ1v) is 9.22. The van der Waals surface area contributed by atoms with Crippen LogP contribution in [0.2, 0.25) is 5.02 Å². The van der Waals surface area contributed by atoms with Crippen molar-refractivity contribution in [1.29, 1.82) is 0 Å². The molecule has 0 radical (unpaired) electrons. The highest BCUT2D eigenvalue weighted by Crippen LogP contribution is 2.22. The number of hydrogen-bond acceptors (Lipinski definition) is 3. The van der Waals surface area contributed by atoms with Crippen LogP contribution in [-0.2, 0) is 10.0 Å². The SMILES string of the molecule is Cc1cc(C(=O)NC(C)c2cccc(Cl)c2)cc(S(N)(=O)=O)c1C. The maximum absolute atomic E-state index is 12.5. The van der Waals surface area contributed by atoms with E-state index in [-0.39, 0.29) is 22.4 Å². The summed E-state index contributed by atoms with van der Waals surface area (Å²) >= 11 is 5.96. The summed E-state index contributed by atoms with van der Waals surface area (Å²) in [6.45, 7) is 5.22. The summed E-state index contributed by atoms with van der Waals surface area (Å²) in [4.78, 5) is 12.4. The van der Waals surface area contributed by atoms with Gasteiger partial charge in [0.05, 0.1) is 10.9 Å². The summed E-state index contributed by atoms with van der Waals surface area (Å²) in [6.07, 6.45) is 0. The van der Waals surface area contributed by atoms with E-state index < -0.39 is 10.0 Å². The van der Waals surface area contributed by atoms with Gasteiger partial charge in [0.15, 0.2) is 0 Å². The number of primary sulfonamides is 1. The van der Waals surface area contributed by atoms with Crippen LogP contribution < -0.4 is 10.5 Å². The van der Waals surface area contributed by atoms with Crippen LogP contribution in [0.3, 0.4) is 0 Å². The Hall–Kier alpha value is -1.89. The fourth-order valence-corrected chi connectivity index (χ4v) is 3.47. The topological polar surface area (TPSA) is 89.3 Å². The molecule has 2 rings (SSSR count). The van der Waals surface area contributed by atoms with E-state index in [1.807, 2.05) is 13.0 Å². The molecule has 0 fully saturated rings. The van der Waals surface area contributed by atoms with Crippen LogP contribution in [0.4, 0.5) is 0 Å².